The number of amides is 1. The summed E-state index contributed by atoms with van der Waals surface area (Å²) in [5.41, 5.74) is 1.71. The fourth-order valence-corrected chi connectivity index (χ4v) is 6.17. The van der Waals surface area contributed by atoms with Gasteiger partial charge in [-0.2, -0.15) is 0 Å². The molecule has 2 heterocycles. The number of halogens is 1. The van der Waals surface area contributed by atoms with Gasteiger partial charge in [0, 0.05) is 29.3 Å². The van der Waals surface area contributed by atoms with Crippen molar-refractivity contribution in [2.24, 2.45) is 5.92 Å². The van der Waals surface area contributed by atoms with Crippen molar-refractivity contribution >= 4 is 44.9 Å². The number of rotatable bonds is 7. The summed E-state index contributed by atoms with van der Waals surface area (Å²) in [6.07, 6.45) is 4.98. The molecule has 2 aromatic heterocycles. The van der Waals surface area contributed by atoms with Gasteiger partial charge in [0.05, 0.1) is 5.39 Å². The van der Waals surface area contributed by atoms with Gasteiger partial charge in [0.15, 0.2) is 5.16 Å². The number of nitrogens with one attached hydrogen (secondary N) is 1. The smallest absolute Gasteiger partial charge is 0.263 e. The average Bonchev–Trinajstić information content (AvgIpc) is 3.09. The maximum Gasteiger partial charge on any atom is 0.263 e. The van der Waals surface area contributed by atoms with E-state index in [1.54, 1.807) is 22.0 Å². The van der Waals surface area contributed by atoms with Crippen LogP contribution in [0.1, 0.15) is 30.2 Å². The maximum absolute atomic E-state index is 13.3. The van der Waals surface area contributed by atoms with E-state index in [-0.39, 0.29) is 23.7 Å². The molecule has 1 unspecified atom stereocenters. The van der Waals surface area contributed by atoms with Gasteiger partial charge in [-0.1, -0.05) is 24.8 Å². The zero-order valence-electron chi connectivity index (χ0n) is 17.3. The number of carbonyl (C=O) groups is 1. The van der Waals surface area contributed by atoms with Gasteiger partial charge < -0.3 is 5.32 Å². The highest BCUT2D eigenvalue weighted by Crippen LogP contribution is 2.36. The third kappa shape index (κ3) is 4.75. The van der Waals surface area contributed by atoms with Crippen LogP contribution in [0.25, 0.3) is 10.2 Å². The highest BCUT2D eigenvalue weighted by Gasteiger charge is 2.24. The van der Waals surface area contributed by atoms with Gasteiger partial charge in [-0.3, -0.25) is 14.2 Å². The van der Waals surface area contributed by atoms with Gasteiger partial charge in [-0.25, -0.2) is 9.37 Å². The van der Waals surface area contributed by atoms with Crippen molar-refractivity contribution in [2.75, 3.05) is 11.1 Å². The molecule has 1 N–H and O–H groups in total. The molecule has 1 aromatic carbocycles. The lowest BCUT2D eigenvalue weighted by atomic mass is 9.89. The second-order valence-corrected chi connectivity index (χ2v) is 9.93. The Morgan fingerprint density at radius 2 is 2.19 bits per heavy atom. The van der Waals surface area contributed by atoms with E-state index in [9.17, 15) is 14.0 Å². The third-order valence-electron chi connectivity index (χ3n) is 5.38. The normalized spacial score (nSPS) is 15.6. The van der Waals surface area contributed by atoms with Crippen molar-refractivity contribution in [3.05, 3.63) is 63.5 Å². The molecule has 31 heavy (non-hydrogen) atoms. The topological polar surface area (TPSA) is 64.0 Å². The van der Waals surface area contributed by atoms with Gasteiger partial charge in [0.25, 0.3) is 5.56 Å². The molecular weight excluding hydrogens is 433 g/mol. The van der Waals surface area contributed by atoms with Gasteiger partial charge >= 0.3 is 0 Å². The van der Waals surface area contributed by atoms with Crippen LogP contribution >= 0.6 is 23.1 Å². The minimum atomic E-state index is -0.347. The Hall–Kier alpha value is -2.45. The van der Waals surface area contributed by atoms with E-state index in [1.807, 2.05) is 0 Å². The summed E-state index contributed by atoms with van der Waals surface area (Å²) < 4.78 is 14.7. The van der Waals surface area contributed by atoms with Crippen LogP contribution in [0.2, 0.25) is 0 Å². The van der Waals surface area contributed by atoms with Crippen LogP contribution in [-0.4, -0.2) is 21.2 Å². The molecule has 0 saturated carbocycles. The molecule has 4 rings (SSSR count). The van der Waals surface area contributed by atoms with Crippen LogP contribution in [0, 0.1) is 11.7 Å². The van der Waals surface area contributed by atoms with Crippen molar-refractivity contribution in [1.29, 1.82) is 0 Å². The number of carbonyl (C=O) groups excluding carboxylic acids is 1. The van der Waals surface area contributed by atoms with Crippen molar-refractivity contribution < 1.29 is 9.18 Å². The summed E-state index contributed by atoms with van der Waals surface area (Å²) in [5.74, 6) is 0.590. The van der Waals surface area contributed by atoms with Crippen molar-refractivity contribution in [2.45, 2.75) is 44.3 Å². The molecule has 0 aliphatic heterocycles. The molecule has 0 saturated heterocycles. The monoisotopic (exact) mass is 457 g/mol. The van der Waals surface area contributed by atoms with Gasteiger partial charge in [-0.05, 0) is 55.0 Å². The largest absolute Gasteiger partial charge is 0.326 e. The molecule has 0 fully saturated rings. The van der Waals surface area contributed by atoms with E-state index < -0.39 is 0 Å². The Labute approximate surface area is 188 Å². The predicted molar refractivity (Wildman–Crippen MR) is 126 cm³/mol. The summed E-state index contributed by atoms with van der Waals surface area (Å²) in [6, 6.07) is 5.66. The maximum atomic E-state index is 13.3. The lowest BCUT2D eigenvalue weighted by molar-refractivity contribution is -0.115. The summed E-state index contributed by atoms with van der Waals surface area (Å²) in [6.45, 7) is 6.41. The Kier molecular flexibility index (Phi) is 6.57. The zero-order valence-corrected chi connectivity index (χ0v) is 19.0. The van der Waals surface area contributed by atoms with Crippen LogP contribution < -0.4 is 10.9 Å². The first-order chi connectivity index (χ1) is 15.0. The molecule has 1 aliphatic carbocycles. The number of thiophene rings is 1. The van der Waals surface area contributed by atoms with E-state index in [4.69, 9.17) is 4.98 Å². The van der Waals surface area contributed by atoms with Crippen molar-refractivity contribution in [3.63, 3.8) is 0 Å². The Balaban J connectivity index is 1.52. The standard InChI is InChI=1S/C23H24FN3O2S2/c1-3-11-27-22(29)20-17-9-4-14(2)13-18(17)31-21(20)26-23(27)30-12-10-19(28)25-16-7-5-15(24)6-8-16/h3,5-8,14H,1,4,9-13H2,2H3,(H,25,28). The number of hydrogen-bond donors (Lipinski definition) is 1. The molecule has 162 valence electrons. The minimum Gasteiger partial charge on any atom is -0.326 e. The van der Waals surface area contributed by atoms with Crippen LogP contribution in [0.3, 0.4) is 0 Å². The highest BCUT2D eigenvalue weighted by molar-refractivity contribution is 7.99. The van der Waals surface area contributed by atoms with Crippen LogP contribution in [-0.2, 0) is 24.2 Å². The second-order valence-electron chi connectivity index (χ2n) is 7.78. The van der Waals surface area contributed by atoms with E-state index in [1.165, 1.54) is 46.5 Å². The number of benzene rings is 1. The average molecular weight is 458 g/mol. The molecule has 0 spiro atoms. The Bertz CT molecular complexity index is 1180. The summed E-state index contributed by atoms with van der Waals surface area (Å²) >= 11 is 3.02. The molecule has 1 amide bonds. The van der Waals surface area contributed by atoms with Crippen molar-refractivity contribution in [3.8, 4) is 0 Å². The molecule has 5 nitrogen and oxygen atoms in total. The number of hydrogen-bond acceptors (Lipinski definition) is 5. The Morgan fingerprint density at radius 3 is 2.94 bits per heavy atom. The first-order valence-electron chi connectivity index (χ1n) is 10.3. The number of anilines is 1. The lowest BCUT2D eigenvalue weighted by Gasteiger charge is -2.17. The van der Waals surface area contributed by atoms with Gasteiger partial charge in [0.2, 0.25) is 5.91 Å². The lowest BCUT2D eigenvalue weighted by Crippen LogP contribution is -2.23. The number of thioether (sulfide) groups is 1. The first kappa shape index (κ1) is 21.8. The second kappa shape index (κ2) is 9.36. The molecular formula is C23H24FN3O2S2. The third-order valence-corrected chi connectivity index (χ3v) is 7.51. The fraction of sp³-hybridized carbons (Fsp3) is 0.348. The first-order valence-corrected chi connectivity index (χ1v) is 12.1. The predicted octanol–water partition coefficient (Wildman–Crippen LogP) is 5.03. The van der Waals surface area contributed by atoms with E-state index in [0.29, 0.717) is 29.1 Å². The SMILES string of the molecule is C=CCn1c(SCCC(=O)Nc2ccc(F)cc2)nc2sc3c(c2c1=O)CCC(C)C3. The van der Waals surface area contributed by atoms with Crippen LogP contribution in [0.4, 0.5) is 10.1 Å². The Morgan fingerprint density at radius 1 is 1.42 bits per heavy atom. The number of aromatic nitrogens is 2. The van der Waals surface area contributed by atoms with Crippen LogP contribution in [0.15, 0.2) is 46.9 Å². The van der Waals surface area contributed by atoms with Crippen molar-refractivity contribution in [1.82, 2.24) is 9.55 Å². The molecule has 0 bridgehead atoms. The summed E-state index contributed by atoms with van der Waals surface area (Å²) in [7, 11) is 0. The highest BCUT2D eigenvalue weighted by atomic mass is 32.2. The number of fused-ring (bicyclic) bond motifs is 3. The minimum absolute atomic E-state index is 0.0183. The van der Waals surface area contributed by atoms with E-state index in [0.717, 1.165) is 29.5 Å². The number of aryl methyl sites for hydroxylation is 1. The molecule has 3 aromatic rings. The summed E-state index contributed by atoms with van der Waals surface area (Å²) in [5, 5.41) is 4.12. The van der Waals surface area contributed by atoms with Crippen LogP contribution in [0.5, 0.6) is 0 Å². The molecule has 0 radical (unpaired) electrons. The summed E-state index contributed by atoms with van der Waals surface area (Å²) in [4.78, 5) is 32.4. The quantitative estimate of drug-likeness (QED) is 0.307. The fourth-order valence-electron chi connectivity index (χ4n) is 3.80. The molecule has 8 heteroatoms. The zero-order chi connectivity index (χ0) is 22.0. The van der Waals surface area contributed by atoms with E-state index in [2.05, 4.69) is 18.8 Å². The number of nitrogens with zero attached hydrogens (tertiary/aromatic N) is 2. The van der Waals surface area contributed by atoms with E-state index >= 15 is 0 Å². The molecule has 1 aliphatic rings. The van der Waals surface area contributed by atoms with Gasteiger partial charge in [-0.15, -0.1) is 17.9 Å². The van der Waals surface area contributed by atoms with Gasteiger partial charge in [0.1, 0.15) is 10.6 Å². The molecule has 1 atom stereocenters. The number of allylic oxidation sites excluding steroid dienone is 1.